The van der Waals surface area contributed by atoms with Crippen molar-refractivity contribution < 1.29 is 24.1 Å². The highest BCUT2D eigenvalue weighted by Gasteiger charge is 2.20. The molecule has 0 unspecified atom stereocenters. The number of aromatic carboxylic acids is 1. The SMILES string of the molecule is Cc1cc(-c2ccccc2CCOC[C@H](O)CNC(C)(C)Cc2ccc(Cl)c(F)c2)ccc1C(=O)O. The summed E-state index contributed by atoms with van der Waals surface area (Å²) in [5, 5.41) is 23.1. The van der Waals surface area contributed by atoms with Gasteiger partial charge < -0.3 is 20.3 Å². The first-order valence-corrected chi connectivity index (χ1v) is 12.3. The number of carboxylic acids is 1. The summed E-state index contributed by atoms with van der Waals surface area (Å²) in [6.07, 6.45) is 0.551. The van der Waals surface area contributed by atoms with E-state index in [0.29, 0.717) is 37.1 Å². The first-order chi connectivity index (χ1) is 17.1. The van der Waals surface area contributed by atoms with Gasteiger partial charge >= 0.3 is 5.97 Å². The molecular formula is C29H33ClFNO4. The third-order valence-electron chi connectivity index (χ3n) is 6.06. The van der Waals surface area contributed by atoms with Crippen LogP contribution in [0.25, 0.3) is 11.1 Å². The van der Waals surface area contributed by atoms with Crippen molar-refractivity contribution in [3.05, 3.63) is 93.8 Å². The lowest BCUT2D eigenvalue weighted by Crippen LogP contribution is -2.46. The number of ether oxygens (including phenoxy) is 1. The van der Waals surface area contributed by atoms with Crippen LogP contribution in [-0.4, -0.2) is 47.6 Å². The van der Waals surface area contributed by atoms with Gasteiger partial charge in [0.2, 0.25) is 0 Å². The van der Waals surface area contributed by atoms with Crippen LogP contribution in [0.15, 0.2) is 60.7 Å². The molecular weight excluding hydrogens is 481 g/mol. The predicted octanol–water partition coefficient (Wildman–Crippen LogP) is 5.68. The van der Waals surface area contributed by atoms with Gasteiger partial charge in [0.15, 0.2) is 0 Å². The van der Waals surface area contributed by atoms with E-state index in [1.165, 1.54) is 6.07 Å². The Hall–Kier alpha value is -2.77. The predicted molar refractivity (Wildman–Crippen MR) is 141 cm³/mol. The van der Waals surface area contributed by atoms with E-state index in [1.807, 2.05) is 50.2 Å². The number of hydrogen-bond acceptors (Lipinski definition) is 4. The van der Waals surface area contributed by atoms with Gasteiger partial charge in [-0.3, -0.25) is 0 Å². The molecule has 3 aromatic carbocycles. The lowest BCUT2D eigenvalue weighted by Gasteiger charge is -2.28. The molecule has 0 amide bonds. The van der Waals surface area contributed by atoms with Crippen molar-refractivity contribution in [1.82, 2.24) is 5.32 Å². The molecule has 0 bridgehead atoms. The number of β-amino-alcohol motifs (C(OH)–C–C–N with tert-alkyl or cyclic N) is 1. The molecule has 192 valence electrons. The van der Waals surface area contributed by atoms with Crippen LogP contribution in [0.3, 0.4) is 0 Å². The Morgan fingerprint density at radius 2 is 1.89 bits per heavy atom. The maximum Gasteiger partial charge on any atom is 0.335 e. The standard InChI is InChI=1S/C29H33ClFNO4/c1-19-14-22(9-10-24(19)28(34)35)25-7-5-4-6-21(25)12-13-36-18-23(33)17-32-29(2,3)16-20-8-11-26(30)27(31)15-20/h4-11,14-15,23,32-33H,12-13,16-18H2,1-3H3,(H,34,35)/t23-/m1/s1. The summed E-state index contributed by atoms with van der Waals surface area (Å²) in [5.41, 5.74) is 4.56. The summed E-state index contributed by atoms with van der Waals surface area (Å²) in [7, 11) is 0. The maximum atomic E-state index is 13.7. The first-order valence-electron chi connectivity index (χ1n) is 11.9. The number of aliphatic hydroxyl groups excluding tert-OH is 1. The van der Waals surface area contributed by atoms with Gasteiger partial charge in [-0.2, -0.15) is 0 Å². The first kappa shape index (κ1) is 27.8. The van der Waals surface area contributed by atoms with Crippen LogP contribution in [0.4, 0.5) is 4.39 Å². The topological polar surface area (TPSA) is 78.8 Å². The number of rotatable bonds is 12. The highest BCUT2D eigenvalue weighted by molar-refractivity contribution is 6.30. The average molecular weight is 514 g/mol. The van der Waals surface area contributed by atoms with E-state index in [-0.39, 0.29) is 17.2 Å². The summed E-state index contributed by atoms with van der Waals surface area (Å²) in [4.78, 5) is 11.3. The van der Waals surface area contributed by atoms with Gasteiger partial charge in [0.1, 0.15) is 5.82 Å². The molecule has 0 fully saturated rings. The quantitative estimate of drug-likeness (QED) is 0.271. The lowest BCUT2D eigenvalue weighted by atomic mass is 9.94. The van der Waals surface area contributed by atoms with E-state index in [9.17, 15) is 19.4 Å². The van der Waals surface area contributed by atoms with Gasteiger partial charge in [-0.1, -0.05) is 54.1 Å². The van der Waals surface area contributed by atoms with Crippen molar-refractivity contribution in [2.24, 2.45) is 0 Å². The zero-order chi connectivity index (χ0) is 26.3. The summed E-state index contributed by atoms with van der Waals surface area (Å²) in [5.74, 6) is -1.37. The third kappa shape index (κ3) is 7.87. The van der Waals surface area contributed by atoms with Crippen molar-refractivity contribution >= 4 is 17.6 Å². The van der Waals surface area contributed by atoms with Crippen molar-refractivity contribution in [3.8, 4) is 11.1 Å². The largest absolute Gasteiger partial charge is 0.478 e. The van der Waals surface area contributed by atoms with Gasteiger partial charge in [-0.05, 0) is 79.6 Å². The molecule has 0 spiro atoms. The molecule has 0 aliphatic rings. The zero-order valence-corrected chi connectivity index (χ0v) is 21.6. The molecule has 7 heteroatoms. The minimum Gasteiger partial charge on any atom is -0.478 e. The van der Waals surface area contributed by atoms with Crippen molar-refractivity contribution in [2.45, 2.75) is 45.3 Å². The molecule has 0 aromatic heterocycles. The number of benzene rings is 3. The minimum absolute atomic E-state index is 0.103. The van der Waals surface area contributed by atoms with Crippen LogP contribution in [0.1, 0.15) is 40.9 Å². The lowest BCUT2D eigenvalue weighted by molar-refractivity contribution is 0.0349. The second-order valence-corrected chi connectivity index (χ2v) is 10.1. The number of nitrogens with one attached hydrogen (secondary N) is 1. The smallest absolute Gasteiger partial charge is 0.335 e. The van der Waals surface area contributed by atoms with E-state index < -0.39 is 17.9 Å². The van der Waals surface area contributed by atoms with Crippen LogP contribution >= 0.6 is 11.6 Å². The third-order valence-corrected chi connectivity index (χ3v) is 6.36. The van der Waals surface area contributed by atoms with Gasteiger partial charge in [-0.15, -0.1) is 0 Å². The Bertz CT molecular complexity index is 1200. The fraction of sp³-hybridized carbons (Fsp3) is 0.345. The second-order valence-electron chi connectivity index (χ2n) is 9.66. The van der Waals surface area contributed by atoms with Crippen molar-refractivity contribution in [2.75, 3.05) is 19.8 Å². The number of hydrogen-bond donors (Lipinski definition) is 3. The Morgan fingerprint density at radius 3 is 2.58 bits per heavy atom. The molecule has 3 rings (SSSR count). The Kier molecular flexibility index (Phi) is 9.63. The van der Waals surface area contributed by atoms with Gasteiger partial charge in [0.25, 0.3) is 0 Å². The Labute approximate surface area is 216 Å². The molecule has 0 radical (unpaired) electrons. The van der Waals surface area contributed by atoms with E-state index in [1.54, 1.807) is 25.1 Å². The monoisotopic (exact) mass is 513 g/mol. The molecule has 3 aromatic rings. The van der Waals surface area contributed by atoms with E-state index >= 15 is 0 Å². The molecule has 0 aliphatic heterocycles. The minimum atomic E-state index is -0.934. The maximum absolute atomic E-state index is 13.7. The summed E-state index contributed by atoms with van der Waals surface area (Å²) >= 11 is 5.76. The van der Waals surface area contributed by atoms with Crippen LogP contribution in [-0.2, 0) is 17.6 Å². The molecule has 0 aliphatic carbocycles. The molecule has 0 heterocycles. The Morgan fingerprint density at radius 1 is 1.14 bits per heavy atom. The van der Waals surface area contributed by atoms with E-state index in [0.717, 1.165) is 22.3 Å². The molecule has 36 heavy (non-hydrogen) atoms. The summed E-state index contributed by atoms with van der Waals surface area (Å²) in [6.45, 7) is 6.75. The van der Waals surface area contributed by atoms with Crippen molar-refractivity contribution in [1.29, 1.82) is 0 Å². The van der Waals surface area contributed by atoms with Gasteiger partial charge in [0.05, 0.1) is 29.9 Å². The van der Waals surface area contributed by atoms with Crippen LogP contribution in [0.2, 0.25) is 5.02 Å². The molecule has 1 atom stereocenters. The fourth-order valence-electron chi connectivity index (χ4n) is 4.17. The average Bonchev–Trinajstić information content (AvgIpc) is 2.83. The number of aryl methyl sites for hydroxylation is 1. The van der Waals surface area contributed by atoms with Gasteiger partial charge in [0, 0.05) is 12.1 Å². The number of carboxylic acid groups (broad SMARTS) is 1. The van der Waals surface area contributed by atoms with Gasteiger partial charge in [-0.25, -0.2) is 9.18 Å². The summed E-state index contributed by atoms with van der Waals surface area (Å²) < 4.78 is 19.5. The molecule has 0 saturated carbocycles. The molecule has 0 saturated heterocycles. The fourth-order valence-corrected chi connectivity index (χ4v) is 4.29. The highest BCUT2D eigenvalue weighted by atomic mass is 35.5. The number of carbonyl (C=O) groups is 1. The molecule has 5 nitrogen and oxygen atoms in total. The normalized spacial score (nSPS) is 12.5. The Balaban J connectivity index is 1.48. The number of aliphatic hydroxyl groups is 1. The van der Waals surface area contributed by atoms with E-state index in [2.05, 4.69) is 5.32 Å². The van der Waals surface area contributed by atoms with Crippen LogP contribution in [0.5, 0.6) is 0 Å². The van der Waals surface area contributed by atoms with E-state index in [4.69, 9.17) is 16.3 Å². The van der Waals surface area contributed by atoms with Crippen LogP contribution < -0.4 is 5.32 Å². The highest BCUT2D eigenvalue weighted by Crippen LogP contribution is 2.26. The summed E-state index contributed by atoms with van der Waals surface area (Å²) in [6, 6.07) is 18.1. The molecule has 3 N–H and O–H groups in total. The zero-order valence-electron chi connectivity index (χ0n) is 20.9. The van der Waals surface area contributed by atoms with Crippen molar-refractivity contribution in [3.63, 3.8) is 0 Å². The number of halogens is 2. The van der Waals surface area contributed by atoms with Crippen LogP contribution in [0, 0.1) is 12.7 Å². The second kappa shape index (κ2) is 12.5.